The molecule has 0 saturated heterocycles. The van der Waals surface area contributed by atoms with E-state index in [-0.39, 0.29) is 0 Å². The van der Waals surface area contributed by atoms with Crippen LogP contribution in [0.5, 0.6) is 5.75 Å². The fraction of sp³-hybridized carbons (Fsp3) is 0.500. The average Bonchev–Trinajstić information content (AvgIpc) is 3.14. The molecule has 18 heavy (non-hydrogen) atoms. The van der Waals surface area contributed by atoms with E-state index in [9.17, 15) is 0 Å². The molecule has 1 aromatic carbocycles. The van der Waals surface area contributed by atoms with Gasteiger partial charge in [-0.2, -0.15) is 0 Å². The average molecular weight is 243 g/mol. The van der Waals surface area contributed by atoms with Crippen molar-refractivity contribution in [1.29, 1.82) is 0 Å². The van der Waals surface area contributed by atoms with Crippen molar-refractivity contribution >= 4 is 0 Å². The first-order chi connectivity index (χ1) is 8.70. The largest absolute Gasteiger partial charge is 0.480 e. The van der Waals surface area contributed by atoms with Crippen LogP contribution in [0, 0.1) is 25.7 Å². The van der Waals surface area contributed by atoms with Crippen LogP contribution in [-0.4, -0.2) is 12.6 Å². The van der Waals surface area contributed by atoms with Crippen molar-refractivity contribution in [2.45, 2.75) is 46.2 Å². The highest BCUT2D eigenvalue weighted by Gasteiger charge is 2.20. The molecule has 0 aromatic heterocycles. The van der Waals surface area contributed by atoms with Gasteiger partial charge in [-0.15, -0.1) is 5.92 Å². The first-order valence-corrected chi connectivity index (χ1v) is 6.56. The van der Waals surface area contributed by atoms with Crippen molar-refractivity contribution in [2.75, 3.05) is 6.61 Å². The lowest BCUT2D eigenvalue weighted by Gasteiger charge is -2.13. The Morgan fingerprint density at radius 1 is 1.28 bits per heavy atom. The molecule has 0 unspecified atom stereocenters. The predicted molar refractivity (Wildman–Crippen MR) is 74.7 cm³/mol. The van der Waals surface area contributed by atoms with Crippen LogP contribution in [0.4, 0.5) is 0 Å². The topological polar surface area (TPSA) is 21.3 Å². The molecule has 2 nitrogen and oxygen atoms in total. The van der Waals surface area contributed by atoms with E-state index in [0.29, 0.717) is 6.61 Å². The van der Waals surface area contributed by atoms with Crippen molar-refractivity contribution < 1.29 is 4.74 Å². The smallest absolute Gasteiger partial charge is 0.149 e. The predicted octanol–water partition coefficient (Wildman–Crippen LogP) is 2.96. The quantitative estimate of drug-likeness (QED) is 0.803. The van der Waals surface area contributed by atoms with Gasteiger partial charge in [0.1, 0.15) is 12.4 Å². The molecular weight excluding hydrogens is 222 g/mol. The molecule has 0 bridgehead atoms. The summed E-state index contributed by atoms with van der Waals surface area (Å²) in [5, 5.41) is 3.54. The van der Waals surface area contributed by atoms with Gasteiger partial charge in [0.2, 0.25) is 0 Å². The van der Waals surface area contributed by atoms with Gasteiger partial charge in [0.05, 0.1) is 0 Å². The van der Waals surface area contributed by atoms with Gasteiger partial charge < -0.3 is 10.1 Å². The van der Waals surface area contributed by atoms with Crippen LogP contribution in [0.3, 0.4) is 0 Å². The lowest BCUT2D eigenvalue weighted by atomic mass is 10.1. The highest BCUT2D eigenvalue weighted by molar-refractivity contribution is 5.43. The summed E-state index contributed by atoms with van der Waals surface area (Å²) in [6, 6.07) is 5.16. The van der Waals surface area contributed by atoms with Gasteiger partial charge in [-0.05, 0) is 50.3 Å². The number of nitrogens with one attached hydrogen (secondary N) is 1. The Hall–Kier alpha value is -1.46. The van der Waals surface area contributed by atoms with E-state index in [1.807, 2.05) is 6.92 Å². The Kier molecular flexibility index (Phi) is 4.28. The molecule has 1 fully saturated rings. The highest BCUT2D eigenvalue weighted by Crippen LogP contribution is 2.25. The van der Waals surface area contributed by atoms with Crippen LogP contribution in [0.15, 0.2) is 12.1 Å². The Morgan fingerprint density at radius 2 is 1.94 bits per heavy atom. The molecule has 1 aromatic rings. The highest BCUT2D eigenvalue weighted by atomic mass is 16.5. The maximum absolute atomic E-state index is 5.71. The molecule has 0 spiro atoms. The normalized spacial score (nSPS) is 13.9. The van der Waals surface area contributed by atoms with E-state index >= 15 is 0 Å². The van der Waals surface area contributed by atoms with Gasteiger partial charge in [-0.1, -0.05) is 18.1 Å². The Morgan fingerprint density at radius 3 is 2.50 bits per heavy atom. The van der Waals surface area contributed by atoms with Crippen LogP contribution in [-0.2, 0) is 6.54 Å². The summed E-state index contributed by atoms with van der Waals surface area (Å²) in [6.45, 7) is 7.46. The van der Waals surface area contributed by atoms with E-state index < -0.39 is 0 Å². The molecule has 1 saturated carbocycles. The molecule has 0 atom stereocenters. The number of ether oxygens (including phenoxy) is 1. The Labute approximate surface area is 110 Å². The van der Waals surface area contributed by atoms with Gasteiger partial charge in [0.25, 0.3) is 0 Å². The van der Waals surface area contributed by atoms with Crippen molar-refractivity contribution in [1.82, 2.24) is 5.32 Å². The van der Waals surface area contributed by atoms with Crippen LogP contribution in [0.25, 0.3) is 0 Å². The van der Waals surface area contributed by atoms with Crippen molar-refractivity contribution in [3.63, 3.8) is 0 Å². The lowest BCUT2D eigenvalue weighted by molar-refractivity contribution is 0.364. The molecule has 0 aliphatic heterocycles. The molecular formula is C16H21NO. The summed E-state index contributed by atoms with van der Waals surface area (Å²) in [5.41, 5.74) is 3.73. The minimum absolute atomic E-state index is 0.470. The van der Waals surface area contributed by atoms with Gasteiger partial charge in [0.15, 0.2) is 0 Å². The first kappa shape index (κ1) is 13.0. The summed E-state index contributed by atoms with van der Waals surface area (Å²) >= 11 is 0. The standard InChI is InChI=1S/C16H21NO/c1-4-5-8-18-16-12(2)9-14(10-13(16)3)11-17-15-6-7-15/h9-10,15,17H,6-8,11H2,1-3H3. The minimum atomic E-state index is 0.470. The van der Waals surface area contributed by atoms with Crippen LogP contribution in [0.2, 0.25) is 0 Å². The fourth-order valence-corrected chi connectivity index (χ4v) is 2.10. The Balaban J connectivity index is 2.03. The van der Waals surface area contributed by atoms with E-state index in [4.69, 9.17) is 4.74 Å². The summed E-state index contributed by atoms with van der Waals surface area (Å²) in [5.74, 6) is 6.75. The first-order valence-electron chi connectivity index (χ1n) is 6.56. The third-order valence-electron chi connectivity index (χ3n) is 3.16. The van der Waals surface area contributed by atoms with Gasteiger partial charge in [-0.25, -0.2) is 0 Å². The second-order valence-electron chi connectivity index (χ2n) is 4.93. The zero-order valence-corrected chi connectivity index (χ0v) is 11.5. The van der Waals surface area contributed by atoms with Crippen molar-refractivity contribution in [3.8, 4) is 17.6 Å². The second-order valence-corrected chi connectivity index (χ2v) is 4.93. The molecule has 1 aliphatic rings. The molecule has 1 N–H and O–H groups in total. The molecule has 0 amide bonds. The summed E-state index contributed by atoms with van der Waals surface area (Å²) in [7, 11) is 0. The second kappa shape index (κ2) is 5.93. The SMILES string of the molecule is CC#CCOc1c(C)cc(CNC2CC2)cc1C. The van der Waals surface area contributed by atoms with Gasteiger partial charge >= 0.3 is 0 Å². The summed E-state index contributed by atoms with van der Waals surface area (Å²) in [6.07, 6.45) is 2.66. The molecule has 1 aliphatic carbocycles. The van der Waals surface area contributed by atoms with Crippen molar-refractivity contribution in [3.05, 3.63) is 28.8 Å². The van der Waals surface area contributed by atoms with Crippen LogP contribution >= 0.6 is 0 Å². The zero-order valence-electron chi connectivity index (χ0n) is 11.5. The third-order valence-corrected chi connectivity index (χ3v) is 3.16. The molecule has 2 rings (SSSR count). The number of hydrogen-bond donors (Lipinski definition) is 1. The summed E-state index contributed by atoms with van der Waals surface area (Å²) in [4.78, 5) is 0. The fourth-order valence-electron chi connectivity index (χ4n) is 2.10. The lowest BCUT2D eigenvalue weighted by Crippen LogP contribution is -2.15. The van der Waals surface area contributed by atoms with E-state index in [0.717, 1.165) is 18.3 Å². The summed E-state index contributed by atoms with van der Waals surface area (Å²) < 4.78 is 5.71. The van der Waals surface area contributed by atoms with E-state index in [2.05, 4.69) is 43.1 Å². The maximum atomic E-state index is 5.71. The van der Waals surface area contributed by atoms with Crippen LogP contribution < -0.4 is 10.1 Å². The number of rotatable bonds is 5. The van der Waals surface area contributed by atoms with E-state index in [1.165, 1.54) is 29.5 Å². The zero-order chi connectivity index (χ0) is 13.0. The monoisotopic (exact) mass is 243 g/mol. The molecule has 0 heterocycles. The number of aryl methyl sites for hydroxylation is 2. The van der Waals surface area contributed by atoms with Gasteiger partial charge in [-0.3, -0.25) is 0 Å². The van der Waals surface area contributed by atoms with Crippen LogP contribution in [0.1, 0.15) is 36.5 Å². The third kappa shape index (κ3) is 3.51. The van der Waals surface area contributed by atoms with Crippen molar-refractivity contribution in [2.24, 2.45) is 0 Å². The number of benzene rings is 1. The molecule has 0 radical (unpaired) electrons. The van der Waals surface area contributed by atoms with Gasteiger partial charge in [0, 0.05) is 12.6 Å². The minimum Gasteiger partial charge on any atom is -0.480 e. The van der Waals surface area contributed by atoms with E-state index in [1.54, 1.807) is 0 Å². The molecule has 2 heteroatoms. The maximum Gasteiger partial charge on any atom is 0.149 e. The number of hydrogen-bond acceptors (Lipinski definition) is 2. The Bertz CT molecular complexity index is 455. The molecule has 96 valence electrons.